The van der Waals surface area contributed by atoms with Gasteiger partial charge in [-0.15, -0.1) is 0 Å². The van der Waals surface area contributed by atoms with Gasteiger partial charge in [0.2, 0.25) is 0 Å². The van der Waals surface area contributed by atoms with Gasteiger partial charge in [-0.3, -0.25) is 4.79 Å². The van der Waals surface area contributed by atoms with Crippen LogP contribution in [-0.2, 0) is 0 Å². The summed E-state index contributed by atoms with van der Waals surface area (Å²) in [5.74, 6) is 1.13. The summed E-state index contributed by atoms with van der Waals surface area (Å²) in [6.07, 6.45) is 0. The molecule has 0 heterocycles. The molecule has 0 aliphatic carbocycles. The Hall–Kier alpha value is -1.22. The van der Waals surface area contributed by atoms with E-state index in [2.05, 4.69) is 0 Å². The topological polar surface area (TPSA) is 35.5 Å². The summed E-state index contributed by atoms with van der Waals surface area (Å²) in [5.41, 5.74) is 1.22. The standard InChI is InChI=1S/C10H11ClO3/c1-6-4-7(10(11)12)5-8(13-2)9(6)14-3/h4-5H,1-3H3. The maximum absolute atomic E-state index is 10.9. The Bertz CT molecular complexity index is 361. The highest BCUT2D eigenvalue weighted by Gasteiger charge is 2.11. The molecule has 3 nitrogen and oxygen atoms in total. The molecule has 0 bridgehead atoms. The van der Waals surface area contributed by atoms with Crippen molar-refractivity contribution in [1.82, 2.24) is 0 Å². The maximum Gasteiger partial charge on any atom is 0.252 e. The van der Waals surface area contributed by atoms with E-state index < -0.39 is 5.24 Å². The zero-order valence-corrected chi connectivity index (χ0v) is 9.01. The summed E-state index contributed by atoms with van der Waals surface area (Å²) in [6.45, 7) is 1.82. The lowest BCUT2D eigenvalue weighted by Crippen LogP contribution is -1.97. The van der Waals surface area contributed by atoms with Crippen LogP contribution in [0.4, 0.5) is 0 Å². The second kappa shape index (κ2) is 4.33. The van der Waals surface area contributed by atoms with Gasteiger partial charge >= 0.3 is 0 Å². The van der Waals surface area contributed by atoms with Gasteiger partial charge in [0.05, 0.1) is 14.2 Å². The molecule has 0 amide bonds. The van der Waals surface area contributed by atoms with E-state index in [4.69, 9.17) is 21.1 Å². The van der Waals surface area contributed by atoms with Crippen molar-refractivity contribution >= 4 is 16.8 Å². The Labute approximate surface area is 87.6 Å². The van der Waals surface area contributed by atoms with E-state index in [1.54, 1.807) is 19.2 Å². The molecule has 4 heteroatoms. The first-order valence-electron chi connectivity index (χ1n) is 4.02. The maximum atomic E-state index is 10.9. The third-order valence-corrected chi connectivity index (χ3v) is 2.11. The molecule has 1 aromatic carbocycles. The molecule has 1 rings (SSSR count). The highest BCUT2D eigenvalue weighted by molar-refractivity contribution is 6.67. The van der Waals surface area contributed by atoms with Crippen LogP contribution in [0.5, 0.6) is 11.5 Å². The van der Waals surface area contributed by atoms with Crippen molar-refractivity contribution < 1.29 is 14.3 Å². The molecule has 0 N–H and O–H groups in total. The Morgan fingerprint density at radius 1 is 1.29 bits per heavy atom. The van der Waals surface area contributed by atoms with Crippen LogP contribution in [0.25, 0.3) is 0 Å². The third kappa shape index (κ3) is 1.99. The molecular weight excluding hydrogens is 204 g/mol. The van der Waals surface area contributed by atoms with E-state index in [-0.39, 0.29) is 0 Å². The zero-order valence-electron chi connectivity index (χ0n) is 8.26. The lowest BCUT2D eigenvalue weighted by molar-refractivity contribution is 0.108. The predicted molar refractivity (Wildman–Crippen MR) is 54.5 cm³/mol. The molecule has 14 heavy (non-hydrogen) atoms. The fourth-order valence-corrected chi connectivity index (χ4v) is 1.38. The number of hydrogen-bond donors (Lipinski definition) is 0. The Morgan fingerprint density at radius 2 is 1.93 bits per heavy atom. The molecule has 0 spiro atoms. The van der Waals surface area contributed by atoms with Crippen molar-refractivity contribution in [2.45, 2.75) is 6.92 Å². The summed E-state index contributed by atoms with van der Waals surface area (Å²) in [5, 5.41) is -0.506. The van der Waals surface area contributed by atoms with Crippen LogP contribution in [0.3, 0.4) is 0 Å². The number of rotatable bonds is 3. The fourth-order valence-electron chi connectivity index (χ4n) is 1.27. The predicted octanol–water partition coefficient (Wildman–Crippen LogP) is 2.39. The number of benzene rings is 1. The van der Waals surface area contributed by atoms with Crippen molar-refractivity contribution in [1.29, 1.82) is 0 Å². The van der Waals surface area contributed by atoms with Crippen LogP contribution in [0.15, 0.2) is 12.1 Å². The van der Waals surface area contributed by atoms with Gasteiger partial charge in [0.1, 0.15) is 0 Å². The van der Waals surface area contributed by atoms with Gasteiger partial charge in [0.25, 0.3) is 5.24 Å². The van der Waals surface area contributed by atoms with Gasteiger partial charge in [-0.1, -0.05) is 0 Å². The summed E-state index contributed by atoms with van der Waals surface area (Å²) in [7, 11) is 3.06. The first-order valence-corrected chi connectivity index (χ1v) is 4.40. The van der Waals surface area contributed by atoms with Gasteiger partial charge in [0, 0.05) is 5.56 Å². The minimum Gasteiger partial charge on any atom is -0.493 e. The SMILES string of the molecule is COc1cc(C(=O)Cl)cc(C)c1OC. The molecule has 76 valence electrons. The normalized spacial score (nSPS) is 9.71. The largest absolute Gasteiger partial charge is 0.493 e. The van der Waals surface area contributed by atoms with Crippen LogP contribution in [-0.4, -0.2) is 19.5 Å². The van der Waals surface area contributed by atoms with Gasteiger partial charge in [-0.05, 0) is 36.2 Å². The van der Waals surface area contributed by atoms with Crippen molar-refractivity contribution in [3.63, 3.8) is 0 Å². The molecule has 0 fully saturated rings. The molecule has 0 unspecified atom stereocenters. The van der Waals surface area contributed by atoms with Gasteiger partial charge in [-0.2, -0.15) is 0 Å². The fraction of sp³-hybridized carbons (Fsp3) is 0.300. The highest BCUT2D eigenvalue weighted by atomic mass is 35.5. The van der Waals surface area contributed by atoms with Crippen LogP contribution < -0.4 is 9.47 Å². The highest BCUT2D eigenvalue weighted by Crippen LogP contribution is 2.32. The van der Waals surface area contributed by atoms with E-state index in [0.717, 1.165) is 5.56 Å². The second-order valence-corrected chi connectivity index (χ2v) is 3.15. The smallest absolute Gasteiger partial charge is 0.252 e. The number of carbonyl (C=O) groups is 1. The monoisotopic (exact) mass is 214 g/mol. The molecule has 0 atom stereocenters. The second-order valence-electron chi connectivity index (χ2n) is 2.80. The molecule has 0 aromatic heterocycles. The van der Waals surface area contributed by atoms with Crippen molar-refractivity contribution in [2.24, 2.45) is 0 Å². The molecule has 0 aliphatic rings. The quantitative estimate of drug-likeness (QED) is 0.725. The molecule has 0 radical (unpaired) electrons. The van der Waals surface area contributed by atoms with E-state index in [0.29, 0.717) is 17.1 Å². The minimum absolute atomic E-state index is 0.404. The van der Waals surface area contributed by atoms with E-state index >= 15 is 0 Å². The van der Waals surface area contributed by atoms with Gasteiger partial charge in [-0.25, -0.2) is 0 Å². The number of hydrogen-bond acceptors (Lipinski definition) is 3. The number of methoxy groups -OCH3 is 2. The summed E-state index contributed by atoms with van der Waals surface area (Å²) in [6, 6.07) is 3.22. The number of carbonyl (C=O) groups excluding carboxylic acids is 1. The van der Waals surface area contributed by atoms with E-state index in [1.165, 1.54) is 7.11 Å². The number of halogens is 1. The molecule has 1 aromatic rings. The number of aryl methyl sites for hydroxylation is 1. The first kappa shape index (κ1) is 10.9. The van der Waals surface area contributed by atoms with Gasteiger partial charge < -0.3 is 9.47 Å². The van der Waals surface area contributed by atoms with Crippen LogP contribution in [0.1, 0.15) is 15.9 Å². The minimum atomic E-state index is -0.506. The summed E-state index contributed by atoms with van der Waals surface area (Å²) >= 11 is 5.36. The zero-order chi connectivity index (χ0) is 10.7. The summed E-state index contributed by atoms with van der Waals surface area (Å²) in [4.78, 5) is 10.9. The Morgan fingerprint density at radius 3 is 2.36 bits per heavy atom. The summed E-state index contributed by atoms with van der Waals surface area (Å²) < 4.78 is 10.2. The van der Waals surface area contributed by atoms with Crippen LogP contribution in [0, 0.1) is 6.92 Å². The first-order chi connectivity index (χ1) is 6.60. The molecule has 0 saturated carbocycles. The molecule has 0 aliphatic heterocycles. The average Bonchev–Trinajstić information content (AvgIpc) is 2.16. The average molecular weight is 215 g/mol. The Balaban J connectivity index is 3.31. The Kier molecular flexibility index (Phi) is 3.36. The van der Waals surface area contributed by atoms with Crippen LogP contribution >= 0.6 is 11.6 Å². The van der Waals surface area contributed by atoms with Crippen LogP contribution in [0.2, 0.25) is 0 Å². The lowest BCUT2D eigenvalue weighted by atomic mass is 10.1. The molecular formula is C10H11ClO3. The van der Waals surface area contributed by atoms with E-state index in [1.807, 2.05) is 6.92 Å². The third-order valence-electron chi connectivity index (χ3n) is 1.89. The van der Waals surface area contributed by atoms with Crippen molar-refractivity contribution in [3.05, 3.63) is 23.3 Å². The van der Waals surface area contributed by atoms with E-state index in [9.17, 15) is 4.79 Å². The number of ether oxygens (including phenoxy) is 2. The van der Waals surface area contributed by atoms with Crippen molar-refractivity contribution in [3.8, 4) is 11.5 Å². The van der Waals surface area contributed by atoms with Crippen molar-refractivity contribution in [2.75, 3.05) is 14.2 Å². The van der Waals surface area contributed by atoms with Gasteiger partial charge in [0.15, 0.2) is 11.5 Å². The lowest BCUT2D eigenvalue weighted by Gasteiger charge is -2.11. The molecule has 0 saturated heterocycles.